The quantitative estimate of drug-likeness (QED) is 0.161. The summed E-state index contributed by atoms with van der Waals surface area (Å²) in [6, 6.07) is 80.1. The second kappa shape index (κ2) is 14.0. The lowest BCUT2D eigenvalue weighted by atomic mass is 9.61. The van der Waals surface area contributed by atoms with Crippen molar-refractivity contribution in [3.63, 3.8) is 0 Å². The second-order valence-electron chi connectivity index (χ2n) is 18.2. The van der Waals surface area contributed by atoms with Gasteiger partial charge in [-0.2, -0.15) is 0 Å². The third-order valence-corrected chi connectivity index (χ3v) is 15.0. The minimum Gasteiger partial charge on any atom is -0.457 e. The zero-order chi connectivity index (χ0) is 45.4. The van der Waals surface area contributed by atoms with Gasteiger partial charge in [0.2, 0.25) is 5.43 Å². The molecule has 2 spiro atoms. The molecule has 0 unspecified atom stereocenters. The topological polar surface area (TPSA) is 55.2 Å². The fourth-order valence-electron chi connectivity index (χ4n) is 12.3. The van der Waals surface area contributed by atoms with Gasteiger partial charge >= 0.3 is 0 Å². The first kappa shape index (κ1) is 38.0. The molecule has 0 aliphatic carbocycles. The molecule has 10 aromatic carbocycles. The molecule has 0 N–H and O–H groups in total. The molecule has 15 rings (SSSR count). The molecule has 5 heterocycles. The average molecular weight is 887 g/mol. The lowest BCUT2D eigenvalue weighted by Crippen LogP contribution is -2.39. The summed E-state index contributed by atoms with van der Waals surface area (Å²) >= 11 is 0. The Morgan fingerprint density at radius 1 is 0.304 bits per heavy atom. The lowest BCUT2D eigenvalue weighted by Gasteiger charge is -2.48. The van der Waals surface area contributed by atoms with E-state index < -0.39 is 10.8 Å². The molecule has 1 aromatic heterocycles. The van der Waals surface area contributed by atoms with Crippen LogP contribution in [0.5, 0.6) is 23.0 Å². The van der Waals surface area contributed by atoms with Gasteiger partial charge in [-0.15, -0.1) is 0 Å². The van der Waals surface area contributed by atoms with Gasteiger partial charge < -0.3 is 23.7 Å². The highest BCUT2D eigenvalue weighted by Crippen LogP contribution is 2.64. The van der Waals surface area contributed by atoms with Crippen molar-refractivity contribution in [2.75, 3.05) is 9.80 Å². The van der Waals surface area contributed by atoms with Crippen LogP contribution in [0.25, 0.3) is 21.9 Å². The Bertz CT molecular complexity index is 3610. The summed E-state index contributed by atoms with van der Waals surface area (Å²) < 4.78 is 20.2. The van der Waals surface area contributed by atoms with E-state index in [0.29, 0.717) is 21.9 Å². The van der Waals surface area contributed by atoms with Crippen LogP contribution >= 0.6 is 0 Å². The molecule has 0 atom stereocenters. The van der Waals surface area contributed by atoms with Crippen molar-refractivity contribution in [1.29, 1.82) is 0 Å². The second-order valence-corrected chi connectivity index (χ2v) is 18.2. The van der Waals surface area contributed by atoms with Crippen LogP contribution < -0.4 is 24.7 Å². The molecule has 0 saturated carbocycles. The third-order valence-electron chi connectivity index (χ3n) is 15.0. The summed E-state index contributed by atoms with van der Waals surface area (Å²) in [4.78, 5) is 19.2. The number of anilines is 6. The van der Waals surface area contributed by atoms with E-state index in [1.54, 1.807) is 0 Å². The van der Waals surface area contributed by atoms with Crippen LogP contribution in [0.15, 0.2) is 240 Å². The first-order valence-electron chi connectivity index (χ1n) is 23.4. The maximum absolute atomic E-state index is 14.6. The number of rotatable bonds is 2. The monoisotopic (exact) mass is 886 g/mol. The molecule has 6 heteroatoms. The molecule has 0 radical (unpaired) electrons. The van der Waals surface area contributed by atoms with Gasteiger partial charge in [0.15, 0.2) is 0 Å². The highest BCUT2D eigenvalue weighted by Gasteiger charge is 2.52. The van der Waals surface area contributed by atoms with Gasteiger partial charge in [0.05, 0.1) is 44.4 Å². The number of para-hydroxylation sites is 8. The van der Waals surface area contributed by atoms with E-state index in [1.165, 1.54) is 0 Å². The zero-order valence-corrected chi connectivity index (χ0v) is 37.0. The van der Waals surface area contributed by atoms with Gasteiger partial charge in [-0.1, -0.05) is 146 Å². The summed E-state index contributed by atoms with van der Waals surface area (Å²) in [5.74, 6) is 3.35. The Morgan fingerprint density at radius 2 is 0.580 bits per heavy atom. The van der Waals surface area contributed by atoms with E-state index in [1.807, 2.05) is 60.7 Å². The largest absolute Gasteiger partial charge is 0.457 e. The van der Waals surface area contributed by atoms with E-state index >= 15 is 0 Å². The van der Waals surface area contributed by atoms with Crippen molar-refractivity contribution < 1.29 is 13.9 Å². The Balaban J connectivity index is 0.913. The van der Waals surface area contributed by atoms with Gasteiger partial charge in [-0.25, -0.2) is 0 Å². The minimum absolute atomic E-state index is 0.0769. The molecular formula is C63H38N2O4. The number of hydrogen-bond acceptors (Lipinski definition) is 6. The maximum atomic E-state index is 14.6. The molecular weight excluding hydrogens is 849 g/mol. The molecule has 69 heavy (non-hydrogen) atoms. The lowest BCUT2D eigenvalue weighted by molar-refractivity contribution is 0.434. The van der Waals surface area contributed by atoms with Crippen molar-refractivity contribution >= 4 is 56.1 Å². The van der Waals surface area contributed by atoms with E-state index in [0.717, 1.165) is 102 Å². The summed E-state index contributed by atoms with van der Waals surface area (Å²) in [6.45, 7) is 0. The number of nitrogens with zero attached hydrogens (tertiary/aromatic N) is 2. The molecule has 0 saturated heterocycles. The third kappa shape index (κ3) is 4.91. The van der Waals surface area contributed by atoms with Crippen molar-refractivity contribution in [3.8, 4) is 23.0 Å². The van der Waals surface area contributed by atoms with Crippen LogP contribution in [0.4, 0.5) is 34.1 Å². The Morgan fingerprint density at radius 3 is 0.899 bits per heavy atom. The SMILES string of the molecule is O=c1c2ccc(N3c4ccccc4C4(c5ccccc5Oc5ccccc54)c4ccccc43)cc2oc2cc(N3c4ccccc4C4(c5ccccc5Oc5ccccc54)c4ccccc43)ccc12. The molecule has 6 nitrogen and oxygen atoms in total. The van der Waals surface area contributed by atoms with Crippen LogP contribution in [0.2, 0.25) is 0 Å². The predicted molar refractivity (Wildman–Crippen MR) is 273 cm³/mol. The summed E-state index contributed by atoms with van der Waals surface area (Å²) in [6.07, 6.45) is 0. The highest BCUT2D eigenvalue weighted by molar-refractivity contribution is 5.98. The van der Waals surface area contributed by atoms with Gasteiger partial charge in [-0.05, 0) is 95.1 Å². The summed E-state index contributed by atoms with van der Waals surface area (Å²) in [5.41, 5.74) is 14.4. The van der Waals surface area contributed by atoms with Crippen LogP contribution in [0.1, 0.15) is 44.5 Å². The number of ether oxygens (including phenoxy) is 2. The first-order valence-corrected chi connectivity index (χ1v) is 23.4. The Labute approximate surface area is 397 Å². The van der Waals surface area contributed by atoms with Gasteiger partial charge in [-0.3, -0.25) is 4.79 Å². The van der Waals surface area contributed by atoms with E-state index in [9.17, 15) is 4.79 Å². The van der Waals surface area contributed by atoms with Crippen LogP contribution in [-0.4, -0.2) is 0 Å². The molecule has 0 fully saturated rings. The molecule has 324 valence electrons. The maximum Gasteiger partial charge on any atom is 0.200 e. The Kier molecular flexibility index (Phi) is 7.69. The first-order chi connectivity index (χ1) is 34.1. The Hall–Kier alpha value is -9.13. The number of benzene rings is 10. The van der Waals surface area contributed by atoms with Crippen molar-refractivity contribution in [3.05, 3.63) is 285 Å². The average Bonchev–Trinajstić information content (AvgIpc) is 3.40. The van der Waals surface area contributed by atoms with Gasteiger partial charge in [0.1, 0.15) is 34.2 Å². The number of hydrogen-bond donors (Lipinski definition) is 0. The molecule has 0 amide bonds. The van der Waals surface area contributed by atoms with Crippen LogP contribution in [0, 0.1) is 0 Å². The molecule has 4 aliphatic rings. The van der Waals surface area contributed by atoms with E-state index in [-0.39, 0.29) is 5.43 Å². The van der Waals surface area contributed by atoms with E-state index in [2.05, 4.69) is 180 Å². The van der Waals surface area contributed by atoms with E-state index in [4.69, 9.17) is 13.9 Å². The normalized spacial score (nSPS) is 14.8. The molecule has 0 bridgehead atoms. The van der Waals surface area contributed by atoms with Crippen molar-refractivity contribution in [2.45, 2.75) is 10.8 Å². The van der Waals surface area contributed by atoms with Gasteiger partial charge in [0.25, 0.3) is 0 Å². The zero-order valence-electron chi connectivity index (χ0n) is 37.0. The number of fused-ring (bicyclic) bond motifs is 18. The smallest absolute Gasteiger partial charge is 0.200 e. The van der Waals surface area contributed by atoms with Crippen molar-refractivity contribution in [2.24, 2.45) is 0 Å². The fourth-order valence-corrected chi connectivity index (χ4v) is 12.3. The minimum atomic E-state index is -0.659. The standard InChI is InChI=1S/C63H38N2O4/c66-61-41-35-33-39(64-51-25-9-1-17-43(51)62(44-18-2-10-26-52(44)64)47-21-5-13-29-55(47)67-56-30-14-6-22-48(56)62)37-59(41)69-60-38-40(34-36-42(60)61)65-53-27-11-3-19-45(53)63(46-20-4-12-28-54(46)65)49-23-7-15-31-57(49)68-58-32-16-8-24-50(58)63/h1-38H. The molecule has 11 aromatic rings. The van der Waals surface area contributed by atoms with Crippen LogP contribution in [0.3, 0.4) is 0 Å². The van der Waals surface area contributed by atoms with Crippen molar-refractivity contribution in [1.82, 2.24) is 0 Å². The summed E-state index contributed by atoms with van der Waals surface area (Å²) in [5, 5.41) is 1.04. The fraction of sp³-hybridized carbons (Fsp3) is 0.0317. The summed E-state index contributed by atoms with van der Waals surface area (Å²) in [7, 11) is 0. The van der Waals surface area contributed by atoms with Crippen LogP contribution in [-0.2, 0) is 10.8 Å². The molecule has 4 aliphatic heterocycles. The predicted octanol–water partition coefficient (Wildman–Crippen LogP) is 15.5. The highest BCUT2D eigenvalue weighted by atomic mass is 16.5. The van der Waals surface area contributed by atoms with Gasteiger partial charge in [0, 0.05) is 45.8 Å².